The molecule has 6 nitrogen and oxygen atoms in total. The van der Waals surface area contributed by atoms with Gasteiger partial charge < -0.3 is 20.1 Å². The molecule has 2 N–H and O–H groups in total. The molecule has 0 bridgehead atoms. The monoisotopic (exact) mass is 383 g/mol. The lowest BCUT2D eigenvalue weighted by Crippen LogP contribution is -2.43. The highest BCUT2D eigenvalue weighted by atomic mass is 16.5. The van der Waals surface area contributed by atoms with Gasteiger partial charge in [-0.15, -0.1) is 0 Å². The zero-order valence-electron chi connectivity index (χ0n) is 17.8. The van der Waals surface area contributed by atoms with Gasteiger partial charge in [-0.05, 0) is 51.4 Å². The Hall–Kier alpha value is -1.30. The van der Waals surface area contributed by atoms with Crippen LogP contribution in [-0.4, -0.2) is 51.9 Å². The summed E-state index contributed by atoms with van der Waals surface area (Å²) >= 11 is 0. The summed E-state index contributed by atoms with van der Waals surface area (Å²) in [5, 5.41) is 6.95. The van der Waals surface area contributed by atoms with Crippen LogP contribution >= 0.6 is 0 Å². The summed E-state index contributed by atoms with van der Waals surface area (Å²) in [7, 11) is 1.83. The number of ether oxygens (including phenoxy) is 2. The van der Waals surface area contributed by atoms with E-state index in [0.29, 0.717) is 18.4 Å². The van der Waals surface area contributed by atoms with Gasteiger partial charge in [-0.3, -0.25) is 9.79 Å². The highest BCUT2D eigenvalue weighted by Gasteiger charge is 2.33. The molecule has 0 aromatic rings. The molecule has 6 heteroatoms. The summed E-state index contributed by atoms with van der Waals surface area (Å²) < 4.78 is 10.5. The fourth-order valence-electron chi connectivity index (χ4n) is 3.75. The van der Waals surface area contributed by atoms with Gasteiger partial charge in [0.25, 0.3) is 0 Å². The number of aliphatic imine (C=N–C) groups is 1. The molecule has 0 saturated heterocycles. The van der Waals surface area contributed by atoms with Crippen LogP contribution in [0.15, 0.2) is 4.99 Å². The van der Waals surface area contributed by atoms with Crippen molar-refractivity contribution in [3.8, 4) is 0 Å². The first-order valence-electron chi connectivity index (χ1n) is 10.8. The number of guanidine groups is 1. The lowest BCUT2D eigenvalue weighted by Gasteiger charge is -2.30. The minimum Gasteiger partial charge on any atom is -0.466 e. The van der Waals surface area contributed by atoms with E-state index in [4.69, 9.17) is 9.47 Å². The molecule has 1 aliphatic carbocycles. The molecule has 27 heavy (non-hydrogen) atoms. The number of nitrogens with one attached hydrogen (secondary N) is 2. The first-order valence-corrected chi connectivity index (χ1v) is 10.8. The molecular formula is C21H41N3O3. The van der Waals surface area contributed by atoms with Crippen LogP contribution in [0.4, 0.5) is 0 Å². The van der Waals surface area contributed by atoms with E-state index in [0.717, 1.165) is 64.4 Å². The van der Waals surface area contributed by atoms with E-state index in [9.17, 15) is 4.79 Å². The number of hydrogen-bond donors (Lipinski definition) is 2. The highest BCUT2D eigenvalue weighted by Crippen LogP contribution is 2.40. The van der Waals surface area contributed by atoms with Gasteiger partial charge in [-0.1, -0.05) is 25.7 Å². The topological polar surface area (TPSA) is 72.0 Å². The van der Waals surface area contributed by atoms with Crippen LogP contribution in [0.5, 0.6) is 0 Å². The zero-order valence-corrected chi connectivity index (χ0v) is 17.8. The molecule has 1 fully saturated rings. The van der Waals surface area contributed by atoms with Crippen molar-refractivity contribution in [3.05, 3.63) is 0 Å². The lowest BCUT2D eigenvalue weighted by atomic mass is 9.83. The van der Waals surface area contributed by atoms with E-state index in [1.54, 1.807) is 0 Å². The summed E-state index contributed by atoms with van der Waals surface area (Å²) in [5.41, 5.74) is 0.361. The van der Waals surface area contributed by atoms with Gasteiger partial charge in [-0.2, -0.15) is 0 Å². The second kappa shape index (κ2) is 14.7. The summed E-state index contributed by atoms with van der Waals surface area (Å²) in [6.45, 7) is 7.91. The maximum Gasteiger partial charge on any atom is 0.305 e. The van der Waals surface area contributed by atoms with Crippen LogP contribution in [0.25, 0.3) is 0 Å². The minimum atomic E-state index is -0.0783. The molecule has 0 aromatic heterocycles. The Kier molecular flexibility index (Phi) is 12.9. The van der Waals surface area contributed by atoms with Crippen LogP contribution in [-0.2, 0) is 14.3 Å². The van der Waals surface area contributed by atoms with Crippen LogP contribution in [0.1, 0.15) is 78.1 Å². The molecule has 0 radical (unpaired) electrons. The van der Waals surface area contributed by atoms with Crippen molar-refractivity contribution in [1.82, 2.24) is 10.6 Å². The average molecular weight is 384 g/mol. The number of nitrogens with zero attached hydrogens (tertiary/aromatic N) is 1. The van der Waals surface area contributed by atoms with Crippen molar-refractivity contribution in [1.29, 1.82) is 0 Å². The standard InChI is InChI=1S/C21H41N3O3/c1-4-26-17-15-21(13-9-10-14-21)18-24-20(22-3)23-16-11-7-6-8-12-19(25)27-5-2/h4-18H2,1-3H3,(H2,22,23,24). The third-order valence-electron chi connectivity index (χ3n) is 5.40. The summed E-state index contributed by atoms with van der Waals surface area (Å²) in [5.74, 6) is 0.814. The summed E-state index contributed by atoms with van der Waals surface area (Å²) in [6.07, 6.45) is 11.0. The predicted molar refractivity (Wildman–Crippen MR) is 111 cm³/mol. The van der Waals surface area contributed by atoms with E-state index in [2.05, 4.69) is 22.5 Å². The third-order valence-corrected chi connectivity index (χ3v) is 5.40. The number of carbonyl (C=O) groups excluding carboxylic acids is 1. The number of unbranched alkanes of at least 4 members (excludes halogenated alkanes) is 3. The second-order valence-corrected chi connectivity index (χ2v) is 7.48. The Morgan fingerprint density at radius 1 is 1.04 bits per heavy atom. The molecule has 158 valence electrons. The number of carbonyl (C=O) groups is 1. The van der Waals surface area contributed by atoms with E-state index in [1.165, 1.54) is 25.7 Å². The molecular weight excluding hydrogens is 342 g/mol. The van der Waals surface area contributed by atoms with Crippen molar-refractivity contribution in [2.75, 3.05) is 40.0 Å². The highest BCUT2D eigenvalue weighted by molar-refractivity contribution is 5.79. The Morgan fingerprint density at radius 3 is 2.44 bits per heavy atom. The molecule has 1 saturated carbocycles. The largest absolute Gasteiger partial charge is 0.466 e. The molecule has 0 heterocycles. The van der Waals surface area contributed by atoms with Crippen molar-refractivity contribution in [2.45, 2.75) is 78.1 Å². The summed E-state index contributed by atoms with van der Waals surface area (Å²) in [6, 6.07) is 0. The molecule has 0 amide bonds. The van der Waals surface area contributed by atoms with Crippen molar-refractivity contribution in [3.63, 3.8) is 0 Å². The van der Waals surface area contributed by atoms with E-state index >= 15 is 0 Å². The fraction of sp³-hybridized carbons (Fsp3) is 0.905. The van der Waals surface area contributed by atoms with Crippen molar-refractivity contribution >= 4 is 11.9 Å². The average Bonchev–Trinajstić information content (AvgIpc) is 3.13. The Labute approximate surface area is 165 Å². The van der Waals surface area contributed by atoms with Crippen LogP contribution in [0, 0.1) is 5.41 Å². The minimum absolute atomic E-state index is 0.0783. The van der Waals surface area contributed by atoms with Gasteiger partial charge in [0.15, 0.2) is 5.96 Å². The molecule has 0 aliphatic heterocycles. The normalized spacial score (nSPS) is 16.3. The van der Waals surface area contributed by atoms with E-state index in [-0.39, 0.29) is 5.97 Å². The number of hydrogen-bond acceptors (Lipinski definition) is 4. The molecule has 0 spiro atoms. The lowest BCUT2D eigenvalue weighted by molar-refractivity contribution is -0.143. The van der Waals surface area contributed by atoms with Gasteiger partial charge in [0, 0.05) is 39.8 Å². The zero-order chi connectivity index (χ0) is 19.8. The summed E-state index contributed by atoms with van der Waals surface area (Å²) in [4.78, 5) is 15.6. The quantitative estimate of drug-likeness (QED) is 0.207. The van der Waals surface area contributed by atoms with E-state index < -0.39 is 0 Å². The van der Waals surface area contributed by atoms with Gasteiger partial charge in [0.2, 0.25) is 0 Å². The third kappa shape index (κ3) is 10.6. The van der Waals surface area contributed by atoms with Crippen LogP contribution in [0.2, 0.25) is 0 Å². The van der Waals surface area contributed by atoms with Crippen LogP contribution < -0.4 is 10.6 Å². The van der Waals surface area contributed by atoms with Gasteiger partial charge >= 0.3 is 5.97 Å². The Bertz CT molecular complexity index is 421. The van der Waals surface area contributed by atoms with Crippen molar-refractivity contribution < 1.29 is 14.3 Å². The second-order valence-electron chi connectivity index (χ2n) is 7.48. The van der Waals surface area contributed by atoms with Crippen molar-refractivity contribution in [2.24, 2.45) is 10.4 Å². The SMILES string of the molecule is CCOCCC1(CNC(=NC)NCCCCCCC(=O)OCC)CCCC1. The molecule has 1 rings (SSSR count). The van der Waals surface area contributed by atoms with Crippen LogP contribution in [0.3, 0.4) is 0 Å². The Morgan fingerprint density at radius 2 is 1.78 bits per heavy atom. The molecule has 1 aliphatic rings. The molecule has 0 unspecified atom stereocenters. The Balaban J connectivity index is 2.15. The van der Waals surface area contributed by atoms with Gasteiger partial charge in [-0.25, -0.2) is 0 Å². The maximum atomic E-state index is 11.3. The van der Waals surface area contributed by atoms with Gasteiger partial charge in [0.05, 0.1) is 6.61 Å². The molecule has 0 aromatic carbocycles. The fourth-order valence-corrected chi connectivity index (χ4v) is 3.75. The molecule has 0 atom stereocenters. The smallest absolute Gasteiger partial charge is 0.305 e. The first kappa shape index (κ1) is 23.7. The van der Waals surface area contributed by atoms with E-state index in [1.807, 2.05) is 14.0 Å². The maximum absolute atomic E-state index is 11.3. The number of rotatable bonds is 14. The number of esters is 1. The predicted octanol–water partition coefficient (Wildman–Crippen LogP) is 3.65. The first-order chi connectivity index (χ1) is 13.2. The van der Waals surface area contributed by atoms with Gasteiger partial charge in [0.1, 0.15) is 0 Å².